The van der Waals surface area contributed by atoms with Gasteiger partial charge in [0.15, 0.2) is 5.11 Å². The molecule has 0 saturated carbocycles. The molecule has 1 aromatic heterocycles. The van der Waals surface area contributed by atoms with E-state index in [-0.39, 0.29) is 5.11 Å². The standard InChI is InChI=1S/C18H18N4S/c19-18(23)22-17-15(9-3-4-11-20-17)16(21-22)14-10-5-7-12-6-1-2-8-13(12)14/h1-2,5-8,10,20H,3-4,9,11H2,(H2,19,23). The number of fused-ring (bicyclic) bond motifs is 2. The van der Waals surface area contributed by atoms with Gasteiger partial charge in [0.25, 0.3) is 0 Å². The minimum Gasteiger partial charge on any atom is -0.374 e. The number of nitrogens with two attached hydrogens (primary N) is 1. The van der Waals surface area contributed by atoms with Crippen LogP contribution >= 0.6 is 12.2 Å². The first-order chi connectivity index (χ1) is 11.3. The van der Waals surface area contributed by atoms with Crippen molar-refractivity contribution in [2.24, 2.45) is 5.73 Å². The fourth-order valence-electron chi connectivity index (χ4n) is 3.31. The summed E-state index contributed by atoms with van der Waals surface area (Å²) in [6, 6.07) is 14.7. The van der Waals surface area contributed by atoms with E-state index in [4.69, 9.17) is 23.1 Å². The molecule has 0 fully saturated rings. The first-order valence-electron chi connectivity index (χ1n) is 7.89. The lowest BCUT2D eigenvalue weighted by Crippen LogP contribution is -2.22. The Kier molecular flexibility index (Phi) is 3.50. The van der Waals surface area contributed by atoms with Crippen LogP contribution in [0.2, 0.25) is 0 Å². The number of rotatable bonds is 1. The highest BCUT2D eigenvalue weighted by Crippen LogP contribution is 2.35. The van der Waals surface area contributed by atoms with Gasteiger partial charge in [0.05, 0.1) is 5.69 Å². The zero-order valence-electron chi connectivity index (χ0n) is 12.7. The Balaban J connectivity index is 2.00. The molecule has 23 heavy (non-hydrogen) atoms. The maximum atomic E-state index is 5.88. The first-order valence-corrected chi connectivity index (χ1v) is 8.30. The third kappa shape index (κ3) is 2.37. The van der Waals surface area contributed by atoms with E-state index in [1.54, 1.807) is 4.68 Å². The zero-order chi connectivity index (χ0) is 15.8. The molecule has 3 aromatic rings. The third-order valence-electron chi connectivity index (χ3n) is 4.38. The Morgan fingerprint density at radius 3 is 2.83 bits per heavy atom. The molecule has 0 radical (unpaired) electrons. The van der Waals surface area contributed by atoms with Gasteiger partial charge in [-0.2, -0.15) is 9.78 Å². The van der Waals surface area contributed by atoms with E-state index in [1.165, 1.54) is 16.3 Å². The van der Waals surface area contributed by atoms with E-state index in [2.05, 4.69) is 47.8 Å². The molecule has 0 spiro atoms. The van der Waals surface area contributed by atoms with E-state index in [0.717, 1.165) is 42.9 Å². The van der Waals surface area contributed by atoms with Crippen LogP contribution in [0.15, 0.2) is 42.5 Å². The number of aromatic nitrogens is 2. The lowest BCUT2D eigenvalue weighted by molar-refractivity contribution is 0.782. The third-order valence-corrected chi connectivity index (χ3v) is 4.56. The molecule has 0 unspecified atom stereocenters. The Morgan fingerprint density at radius 2 is 1.96 bits per heavy atom. The van der Waals surface area contributed by atoms with Crippen LogP contribution in [0, 0.1) is 0 Å². The molecule has 3 N–H and O–H groups in total. The van der Waals surface area contributed by atoms with Crippen molar-refractivity contribution in [1.82, 2.24) is 9.78 Å². The SMILES string of the molecule is NC(=S)n1nc(-c2cccc3ccccc23)c2c1NCCCC2. The molecule has 2 heterocycles. The predicted octanol–water partition coefficient (Wildman–Crippen LogP) is 3.54. The quantitative estimate of drug-likeness (QED) is 0.673. The van der Waals surface area contributed by atoms with Crippen molar-refractivity contribution in [2.75, 3.05) is 11.9 Å². The van der Waals surface area contributed by atoms with Crippen LogP contribution in [0.25, 0.3) is 22.0 Å². The minimum absolute atomic E-state index is 0.280. The number of nitrogens with one attached hydrogen (secondary N) is 1. The maximum Gasteiger partial charge on any atom is 0.193 e. The van der Waals surface area contributed by atoms with Gasteiger partial charge < -0.3 is 11.1 Å². The topological polar surface area (TPSA) is 55.9 Å². The van der Waals surface area contributed by atoms with Gasteiger partial charge in [-0.05, 0) is 42.3 Å². The lowest BCUT2D eigenvalue weighted by Gasteiger charge is -2.07. The van der Waals surface area contributed by atoms with E-state index < -0.39 is 0 Å². The Hall–Kier alpha value is -2.40. The number of anilines is 1. The van der Waals surface area contributed by atoms with Crippen LogP contribution in [0.5, 0.6) is 0 Å². The van der Waals surface area contributed by atoms with Crippen LogP contribution in [0.1, 0.15) is 18.4 Å². The average Bonchev–Trinajstić information content (AvgIpc) is 2.76. The highest BCUT2D eigenvalue weighted by molar-refractivity contribution is 7.80. The van der Waals surface area contributed by atoms with Crippen molar-refractivity contribution >= 4 is 33.9 Å². The molecule has 1 aliphatic heterocycles. The van der Waals surface area contributed by atoms with Crippen molar-refractivity contribution in [3.05, 3.63) is 48.0 Å². The van der Waals surface area contributed by atoms with Gasteiger partial charge in [0.2, 0.25) is 0 Å². The van der Waals surface area contributed by atoms with E-state index in [1.807, 2.05) is 0 Å². The van der Waals surface area contributed by atoms with Crippen molar-refractivity contribution < 1.29 is 0 Å². The second kappa shape index (κ2) is 5.66. The molecule has 5 heteroatoms. The summed E-state index contributed by atoms with van der Waals surface area (Å²) in [4.78, 5) is 0. The predicted molar refractivity (Wildman–Crippen MR) is 98.8 cm³/mol. The van der Waals surface area contributed by atoms with E-state index >= 15 is 0 Å². The molecule has 4 rings (SSSR count). The smallest absolute Gasteiger partial charge is 0.193 e. The van der Waals surface area contributed by atoms with Gasteiger partial charge >= 0.3 is 0 Å². The molecule has 2 aromatic carbocycles. The second-order valence-corrected chi connectivity index (χ2v) is 6.25. The molecule has 0 bridgehead atoms. The summed E-state index contributed by atoms with van der Waals surface area (Å²) in [5.41, 5.74) is 9.22. The van der Waals surface area contributed by atoms with Crippen molar-refractivity contribution in [3.63, 3.8) is 0 Å². The van der Waals surface area contributed by atoms with Crippen LogP contribution in [0.4, 0.5) is 5.82 Å². The van der Waals surface area contributed by atoms with Crippen molar-refractivity contribution in [1.29, 1.82) is 0 Å². The maximum absolute atomic E-state index is 5.88. The fourth-order valence-corrected chi connectivity index (χ4v) is 3.44. The van der Waals surface area contributed by atoms with Gasteiger partial charge in [-0.15, -0.1) is 0 Å². The molecule has 0 atom stereocenters. The largest absolute Gasteiger partial charge is 0.374 e. The summed E-state index contributed by atoms with van der Waals surface area (Å²) in [6.45, 7) is 0.927. The Bertz CT molecular complexity index is 892. The summed E-state index contributed by atoms with van der Waals surface area (Å²) in [7, 11) is 0. The van der Waals surface area contributed by atoms with Crippen molar-refractivity contribution in [2.45, 2.75) is 19.3 Å². The van der Waals surface area contributed by atoms with Gasteiger partial charge in [-0.25, -0.2) is 0 Å². The van der Waals surface area contributed by atoms with Gasteiger partial charge in [-0.1, -0.05) is 42.5 Å². The normalized spacial score (nSPS) is 14.1. The Morgan fingerprint density at radius 1 is 1.13 bits per heavy atom. The highest BCUT2D eigenvalue weighted by atomic mass is 32.1. The molecule has 4 nitrogen and oxygen atoms in total. The average molecular weight is 322 g/mol. The first kappa shape index (κ1) is 14.2. The molecule has 0 amide bonds. The fraction of sp³-hybridized carbons (Fsp3) is 0.222. The van der Waals surface area contributed by atoms with E-state index in [0.29, 0.717) is 0 Å². The van der Waals surface area contributed by atoms with Crippen LogP contribution < -0.4 is 11.1 Å². The highest BCUT2D eigenvalue weighted by Gasteiger charge is 2.22. The van der Waals surface area contributed by atoms with Crippen molar-refractivity contribution in [3.8, 4) is 11.3 Å². The summed E-state index contributed by atoms with van der Waals surface area (Å²) in [6.07, 6.45) is 3.27. The zero-order valence-corrected chi connectivity index (χ0v) is 13.6. The number of thiocarbonyl (C=S) groups is 1. The minimum atomic E-state index is 0.280. The van der Waals surface area contributed by atoms with Gasteiger partial charge in [0, 0.05) is 17.7 Å². The van der Waals surface area contributed by atoms with Gasteiger partial charge in [0.1, 0.15) is 5.82 Å². The number of hydrogen-bond donors (Lipinski definition) is 2. The van der Waals surface area contributed by atoms with Crippen LogP contribution in [-0.2, 0) is 6.42 Å². The summed E-state index contributed by atoms with van der Waals surface area (Å²) < 4.78 is 1.67. The van der Waals surface area contributed by atoms with Gasteiger partial charge in [-0.3, -0.25) is 0 Å². The van der Waals surface area contributed by atoms with Crippen LogP contribution in [0.3, 0.4) is 0 Å². The number of hydrogen-bond acceptors (Lipinski definition) is 3. The summed E-state index contributed by atoms with van der Waals surface area (Å²) in [5, 5.41) is 10.9. The summed E-state index contributed by atoms with van der Waals surface area (Å²) in [5.74, 6) is 0.956. The van der Waals surface area contributed by atoms with Crippen LogP contribution in [-0.4, -0.2) is 21.4 Å². The molecule has 0 aliphatic carbocycles. The Labute approximate surface area is 140 Å². The number of nitrogens with zero attached hydrogens (tertiary/aromatic N) is 2. The molecular formula is C18H18N4S. The molecule has 116 valence electrons. The summed E-state index contributed by atoms with van der Waals surface area (Å²) >= 11 is 5.19. The molecular weight excluding hydrogens is 304 g/mol. The molecule has 1 aliphatic rings. The molecule has 0 saturated heterocycles. The lowest BCUT2D eigenvalue weighted by atomic mass is 9.98. The monoisotopic (exact) mass is 322 g/mol. The second-order valence-electron chi connectivity index (χ2n) is 5.84. The number of benzene rings is 2. The van der Waals surface area contributed by atoms with E-state index in [9.17, 15) is 0 Å².